The zero-order valence-corrected chi connectivity index (χ0v) is 11.4. The van der Waals surface area contributed by atoms with Gasteiger partial charge in [0.05, 0.1) is 5.69 Å². The lowest BCUT2D eigenvalue weighted by Crippen LogP contribution is -2.48. The fourth-order valence-corrected chi connectivity index (χ4v) is 2.14. The molecule has 0 spiro atoms. The molecule has 1 aromatic rings. The molecule has 2 rings (SSSR count). The van der Waals surface area contributed by atoms with Gasteiger partial charge >= 0.3 is 0 Å². The second kappa shape index (κ2) is 4.93. The van der Waals surface area contributed by atoms with Gasteiger partial charge in [-0.1, -0.05) is 0 Å². The van der Waals surface area contributed by atoms with E-state index in [9.17, 15) is 9.59 Å². The number of likely N-dealkylation sites (tertiary alicyclic amines) is 1. The molecule has 7 heteroatoms. The fourth-order valence-electron chi connectivity index (χ4n) is 1.79. The van der Waals surface area contributed by atoms with E-state index in [-0.39, 0.29) is 11.8 Å². The summed E-state index contributed by atoms with van der Waals surface area (Å²) < 4.78 is 0.771. The maximum absolute atomic E-state index is 11.9. The first-order valence-corrected chi connectivity index (χ1v) is 6.26. The largest absolute Gasteiger partial charge is 0.396 e. The number of anilines is 2. The van der Waals surface area contributed by atoms with E-state index in [0.29, 0.717) is 24.3 Å². The zero-order chi connectivity index (χ0) is 13.3. The minimum atomic E-state index is -0.455. The molecule has 2 heterocycles. The van der Waals surface area contributed by atoms with Crippen molar-refractivity contribution in [3.05, 3.63) is 16.7 Å². The minimum absolute atomic E-state index is 0.158. The van der Waals surface area contributed by atoms with Crippen LogP contribution in [0.25, 0.3) is 0 Å². The first-order chi connectivity index (χ1) is 8.49. The molecule has 1 atom stereocenters. The first kappa shape index (κ1) is 12.8. The Morgan fingerprint density at radius 3 is 2.94 bits per heavy atom. The van der Waals surface area contributed by atoms with Crippen LogP contribution in [-0.2, 0) is 9.59 Å². The highest BCUT2D eigenvalue weighted by Crippen LogP contribution is 2.23. The Hall–Kier alpha value is -1.63. The second-order valence-corrected chi connectivity index (χ2v) is 5.03. The molecule has 1 aromatic heterocycles. The predicted octanol–water partition coefficient (Wildman–Crippen LogP) is 0.986. The van der Waals surface area contributed by atoms with Crippen molar-refractivity contribution in [3.8, 4) is 0 Å². The van der Waals surface area contributed by atoms with Crippen molar-refractivity contribution in [2.45, 2.75) is 18.9 Å². The molecular weight excluding hydrogens is 300 g/mol. The van der Waals surface area contributed by atoms with Crippen molar-refractivity contribution in [1.82, 2.24) is 9.88 Å². The number of likely N-dealkylation sites (N-methyl/N-ethyl adjacent to an activating group) is 1. The third kappa shape index (κ3) is 2.45. The number of carbonyl (C=O) groups excluding carboxylic acids is 2. The molecule has 1 fully saturated rings. The van der Waals surface area contributed by atoms with Crippen molar-refractivity contribution < 1.29 is 9.59 Å². The van der Waals surface area contributed by atoms with Gasteiger partial charge < -0.3 is 11.1 Å². The molecule has 3 N–H and O–H groups in total. The van der Waals surface area contributed by atoms with Crippen molar-refractivity contribution in [2.75, 3.05) is 18.1 Å². The van der Waals surface area contributed by atoms with Crippen LogP contribution >= 0.6 is 15.9 Å². The van der Waals surface area contributed by atoms with E-state index in [2.05, 4.69) is 26.2 Å². The molecule has 0 aliphatic carbocycles. The van der Waals surface area contributed by atoms with Crippen LogP contribution in [0.2, 0.25) is 0 Å². The molecule has 0 saturated carbocycles. The number of nitrogen functional groups attached to an aromatic ring is 1. The number of hydrogen-bond acceptors (Lipinski definition) is 5. The van der Waals surface area contributed by atoms with Gasteiger partial charge in [-0.3, -0.25) is 14.5 Å². The Bertz CT molecular complexity index is 506. The van der Waals surface area contributed by atoms with Gasteiger partial charge in [0.15, 0.2) is 0 Å². The standard InChI is InChI=1S/C11H13BrN4O2/c1-16-9(17)3-2-8(11(16)18)15-10-7(13)4-6(12)5-14-10/h4-5,8H,2-3,13H2,1H3,(H,14,15). The van der Waals surface area contributed by atoms with Crippen LogP contribution in [0.1, 0.15) is 12.8 Å². The first-order valence-electron chi connectivity index (χ1n) is 5.47. The fraction of sp³-hybridized carbons (Fsp3) is 0.364. The van der Waals surface area contributed by atoms with Gasteiger partial charge in [-0.25, -0.2) is 4.98 Å². The van der Waals surface area contributed by atoms with Crippen LogP contribution in [0.15, 0.2) is 16.7 Å². The van der Waals surface area contributed by atoms with Gasteiger partial charge in [0.25, 0.3) is 5.91 Å². The lowest BCUT2D eigenvalue weighted by Gasteiger charge is -2.28. The number of rotatable bonds is 2. The quantitative estimate of drug-likeness (QED) is 0.795. The summed E-state index contributed by atoms with van der Waals surface area (Å²) in [6.45, 7) is 0. The molecule has 1 unspecified atom stereocenters. The maximum atomic E-state index is 11.9. The van der Waals surface area contributed by atoms with Crippen LogP contribution in [-0.4, -0.2) is 34.8 Å². The number of amides is 2. The van der Waals surface area contributed by atoms with Gasteiger partial charge in [-0.15, -0.1) is 0 Å². The Morgan fingerprint density at radius 2 is 2.28 bits per heavy atom. The number of aromatic nitrogens is 1. The van der Waals surface area contributed by atoms with Crippen molar-refractivity contribution in [2.24, 2.45) is 0 Å². The number of nitrogens with one attached hydrogen (secondary N) is 1. The Balaban J connectivity index is 2.14. The normalized spacial score (nSPS) is 20.1. The topological polar surface area (TPSA) is 88.3 Å². The highest BCUT2D eigenvalue weighted by atomic mass is 79.9. The van der Waals surface area contributed by atoms with Crippen molar-refractivity contribution in [3.63, 3.8) is 0 Å². The van der Waals surface area contributed by atoms with E-state index in [1.807, 2.05) is 0 Å². The molecule has 18 heavy (non-hydrogen) atoms. The molecular formula is C11H13BrN4O2. The maximum Gasteiger partial charge on any atom is 0.251 e. The van der Waals surface area contributed by atoms with Crippen LogP contribution < -0.4 is 11.1 Å². The van der Waals surface area contributed by atoms with Gasteiger partial charge in [0, 0.05) is 24.1 Å². The molecule has 0 aromatic carbocycles. The number of halogens is 1. The summed E-state index contributed by atoms with van der Waals surface area (Å²) >= 11 is 3.26. The Labute approximate surface area is 113 Å². The Morgan fingerprint density at radius 1 is 1.56 bits per heavy atom. The number of pyridine rings is 1. The smallest absolute Gasteiger partial charge is 0.251 e. The van der Waals surface area contributed by atoms with E-state index >= 15 is 0 Å². The molecule has 6 nitrogen and oxygen atoms in total. The van der Waals surface area contributed by atoms with Crippen LogP contribution in [0.4, 0.5) is 11.5 Å². The number of imide groups is 1. The summed E-state index contributed by atoms with van der Waals surface area (Å²) in [6, 6.07) is 1.25. The number of hydrogen-bond donors (Lipinski definition) is 2. The number of nitrogens with zero attached hydrogens (tertiary/aromatic N) is 2. The molecule has 0 bridgehead atoms. The molecule has 96 valence electrons. The lowest BCUT2D eigenvalue weighted by atomic mass is 10.0. The van der Waals surface area contributed by atoms with E-state index < -0.39 is 6.04 Å². The SMILES string of the molecule is CN1C(=O)CCC(Nc2ncc(Br)cc2N)C1=O. The zero-order valence-electron chi connectivity index (χ0n) is 9.81. The van der Waals surface area contributed by atoms with E-state index in [4.69, 9.17) is 5.73 Å². The monoisotopic (exact) mass is 312 g/mol. The third-order valence-corrected chi connectivity index (χ3v) is 3.28. The van der Waals surface area contributed by atoms with Gasteiger partial charge in [-0.05, 0) is 28.4 Å². The summed E-state index contributed by atoms with van der Waals surface area (Å²) in [5, 5.41) is 2.98. The number of carbonyl (C=O) groups is 2. The molecule has 1 saturated heterocycles. The van der Waals surface area contributed by atoms with Crippen molar-refractivity contribution >= 4 is 39.2 Å². The van der Waals surface area contributed by atoms with E-state index in [0.717, 1.165) is 9.37 Å². The van der Waals surface area contributed by atoms with Gasteiger partial charge in [0.1, 0.15) is 11.9 Å². The van der Waals surface area contributed by atoms with Crippen LogP contribution in [0.3, 0.4) is 0 Å². The van der Waals surface area contributed by atoms with Crippen molar-refractivity contribution in [1.29, 1.82) is 0 Å². The summed E-state index contributed by atoms with van der Waals surface area (Å²) in [5.41, 5.74) is 6.25. The average Bonchev–Trinajstić information content (AvgIpc) is 2.33. The molecule has 0 radical (unpaired) electrons. The van der Waals surface area contributed by atoms with E-state index in [1.165, 1.54) is 7.05 Å². The summed E-state index contributed by atoms with van der Waals surface area (Å²) in [6.07, 6.45) is 2.40. The minimum Gasteiger partial charge on any atom is -0.396 e. The second-order valence-electron chi connectivity index (χ2n) is 4.12. The highest BCUT2D eigenvalue weighted by molar-refractivity contribution is 9.10. The summed E-state index contributed by atoms with van der Waals surface area (Å²) in [4.78, 5) is 28.5. The third-order valence-electron chi connectivity index (χ3n) is 2.84. The lowest BCUT2D eigenvalue weighted by molar-refractivity contribution is -0.146. The van der Waals surface area contributed by atoms with Gasteiger partial charge in [0.2, 0.25) is 5.91 Å². The molecule has 2 amide bonds. The highest BCUT2D eigenvalue weighted by Gasteiger charge is 2.32. The summed E-state index contributed by atoms with van der Waals surface area (Å²) in [5.74, 6) is 0.0458. The van der Waals surface area contributed by atoms with Crippen LogP contribution in [0, 0.1) is 0 Å². The molecule has 1 aliphatic rings. The average molecular weight is 313 g/mol. The number of nitrogens with two attached hydrogens (primary N) is 1. The Kier molecular flexibility index (Phi) is 3.51. The van der Waals surface area contributed by atoms with Gasteiger partial charge in [-0.2, -0.15) is 0 Å². The number of piperidine rings is 1. The predicted molar refractivity (Wildman–Crippen MR) is 70.8 cm³/mol. The van der Waals surface area contributed by atoms with Crippen LogP contribution in [0.5, 0.6) is 0 Å². The van der Waals surface area contributed by atoms with E-state index in [1.54, 1.807) is 12.3 Å². The summed E-state index contributed by atoms with van der Waals surface area (Å²) in [7, 11) is 1.48. The molecule has 1 aliphatic heterocycles.